The molecule has 0 saturated carbocycles. The molecule has 4 atom stereocenters. The van der Waals surface area contributed by atoms with Crippen molar-refractivity contribution in [2.45, 2.75) is 91.6 Å². The van der Waals surface area contributed by atoms with Crippen LogP contribution in [0.5, 0.6) is 0 Å². The summed E-state index contributed by atoms with van der Waals surface area (Å²) in [7, 11) is 0. The first-order chi connectivity index (χ1) is 17.7. The van der Waals surface area contributed by atoms with Crippen LogP contribution >= 0.6 is 25.3 Å². The van der Waals surface area contributed by atoms with Gasteiger partial charge < -0.3 is 9.47 Å². The average Bonchev–Trinajstić information content (AvgIpc) is 2.79. The van der Waals surface area contributed by atoms with Gasteiger partial charge in [0.25, 0.3) is 0 Å². The average molecular weight is 563 g/mol. The van der Waals surface area contributed by atoms with Crippen molar-refractivity contribution in [2.24, 2.45) is 22.7 Å². The molecule has 0 aromatic rings. The number of thiol groups is 2. The molecule has 0 amide bonds. The molecule has 0 aromatic heterocycles. The van der Waals surface area contributed by atoms with Crippen LogP contribution in [0.15, 0.2) is 46.6 Å². The van der Waals surface area contributed by atoms with E-state index in [1.54, 1.807) is 0 Å². The Morgan fingerprint density at radius 2 is 1.11 bits per heavy atom. The van der Waals surface area contributed by atoms with Crippen LogP contribution in [0, 0.1) is 22.7 Å². The fraction of sp³-hybridized carbons (Fsp3) is 0.688. The molecule has 4 unspecified atom stereocenters. The first-order valence-corrected chi connectivity index (χ1v) is 15.0. The van der Waals surface area contributed by atoms with Gasteiger partial charge in [-0.05, 0) is 60.5 Å². The van der Waals surface area contributed by atoms with E-state index in [0.29, 0.717) is 39.3 Å². The molecule has 0 aromatic carbocycles. The highest BCUT2D eigenvalue weighted by Gasteiger charge is 2.33. The monoisotopic (exact) mass is 562 g/mol. The Bertz CT molecular complexity index is 892. The van der Waals surface area contributed by atoms with Crippen molar-refractivity contribution < 1.29 is 19.1 Å². The number of carbonyl (C=O) groups excluding carboxylic acids is 2. The van der Waals surface area contributed by atoms with Crippen LogP contribution in [0.25, 0.3) is 0 Å². The number of ether oxygens (including phenoxy) is 2. The molecule has 0 spiro atoms. The van der Waals surface area contributed by atoms with Gasteiger partial charge in [0.15, 0.2) is 11.6 Å². The first kappa shape index (κ1) is 33.1. The van der Waals surface area contributed by atoms with Gasteiger partial charge in [0, 0.05) is 34.5 Å². The van der Waals surface area contributed by atoms with Gasteiger partial charge in [0.05, 0.1) is 26.4 Å². The van der Waals surface area contributed by atoms with Crippen molar-refractivity contribution in [1.29, 1.82) is 0 Å². The lowest BCUT2D eigenvalue weighted by Crippen LogP contribution is -2.29. The Hall–Kier alpha value is -1.08. The summed E-state index contributed by atoms with van der Waals surface area (Å²) in [6.07, 6.45) is 11.2. The summed E-state index contributed by atoms with van der Waals surface area (Å²) in [6, 6.07) is 0. The largest absolute Gasteiger partial charge is 0.378 e. The summed E-state index contributed by atoms with van der Waals surface area (Å²) in [5.41, 5.74) is 3.81. The van der Waals surface area contributed by atoms with Crippen molar-refractivity contribution in [3.63, 3.8) is 0 Å². The minimum Gasteiger partial charge on any atom is -0.378 e. The Balaban J connectivity index is 1.68. The maximum absolute atomic E-state index is 13.1. The highest BCUT2D eigenvalue weighted by atomic mass is 32.1. The van der Waals surface area contributed by atoms with Gasteiger partial charge in [0.1, 0.15) is 0 Å². The summed E-state index contributed by atoms with van der Waals surface area (Å²) < 4.78 is 11.6. The van der Waals surface area contributed by atoms with E-state index < -0.39 is 0 Å². The molecule has 0 bridgehead atoms. The Labute approximate surface area is 242 Å². The number of carbonyl (C=O) groups is 2. The fourth-order valence-corrected chi connectivity index (χ4v) is 6.03. The standard InChI is InChI=1S/C32H50O4S2/c1-21-11-9-13-31(5,6)29(21)25(33)17-23(3)27(37)19-35-15-16-36-20-28(38)24(4)18-26(34)30-22(2)12-10-14-32(30,7)8/h9-12,23-24,27-28,37-38H,13-20H2,1-8H3. The summed E-state index contributed by atoms with van der Waals surface area (Å²) in [4.78, 5) is 26.1. The van der Waals surface area contributed by atoms with Crippen molar-refractivity contribution in [3.05, 3.63) is 46.6 Å². The van der Waals surface area contributed by atoms with Crippen LogP contribution in [-0.4, -0.2) is 48.5 Å². The van der Waals surface area contributed by atoms with Crippen molar-refractivity contribution in [1.82, 2.24) is 0 Å². The second-order valence-corrected chi connectivity index (χ2v) is 13.9. The van der Waals surface area contributed by atoms with Gasteiger partial charge in [-0.1, -0.05) is 65.8 Å². The topological polar surface area (TPSA) is 52.6 Å². The lowest BCUT2D eigenvalue weighted by Gasteiger charge is -2.31. The van der Waals surface area contributed by atoms with Crippen LogP contribution < -0.4 is 0 Å². The molecule has 4 nitrogen and oxygen atoms in total. The third-order valence-electron chi connectivity index (χ3n) is 7.97. The van der Waals surface area contributed by atoms with E-state index in [2.05, 4.69) is 65.8 Å². The van der Waals surface area contributed by atoms with Crippen LogP contribution in [0.4, 0.5) is 0 Å². The molecule has 0 N–H and O–H groups in total. The summed E-state index contributed by atoms with van der Waals surface area (Å²) in [5, 5.41) is -0.0511. The Kier molecular flexibility index (Phi) is 12.7. The highest BCUT2D eigenvalue weighted by molar-refractivity contribution is 7.81. The normalized spacial score (nSPS) is 21.8. The van der Waals surface area contributed by atoms with Crippen LogP contribution in [0.1, 0.15) is 81.1 Å². The molecule has 38 heavy (non-hydrogen) atoms. The summed E-state index contributed by atoms with van der Waals surface area (Å²) in [5.74, 6) is 0.651. The number of ketones is 2. The van der Waals surface area contributed by atoms with E-state index in [0.717, 1.165) is 35.1 Å². The van der Waals surface area contributed by atoms with Gasteiger partial charge in [0.2, 0.25) is 0 Å². The van der Waals surface area contributed by atoms with Crippen molar-refractivity contribution in [3.8, 4) is 0 Å². The fourth-order valence-electron chi connectivity index (χ4n) is 5.61. The zero-order valence-electron chi connectivity index (χ0n) is 24.8. The third-order valence-corrected chi connectivity index (χ3v) is 9.29. The first-order valence-electron chi connectivity index (χ1n) is 14.0. The van der Waals surface area contributed by atoms with Gasteiger partial charge in [-0.25, -0.2) is 0 Å². The molecule has 214 valence electrons. The maximum Gasteiger partial charge on any atom is 0.159 e. The molecule has 2 rings (SSSR count). The quantitative estimate of drug-likeness (QED) is 0.161. The molecule has 0 heterocycles. The zero-order valence-corrected chi connectivity index (χ0v) is 26.6. The number of rotatable bonds is 15. The molecule has 0 fully saturated rings. The molecular weight excluding hydrogens is 512 g/mol. The van der Waals surface area contributed by atoms with E-state index in [1.165, 1.54) is 0 Å². The van der Waals surface area contributed by atoms with Gasteiger partial charge in [-0.3, -0.25) is 9.59 Å². The summed E-state index contributed by atoms with van der Waals surface area (Å²) >= 11 is 9.42. The molecule has 2 aliphatic rings. The van der Waals surface area contributed by atoms with Gasteiger partial charge >= 0.3 is 0 Å². The van der Waals surface area contributed by atoms with E-state index in [4.69, 9.17) is 34.7 Å². The van der Waals surface area contributed by atoms with Crippen LogP contribution in [-0.2, 0) is 19.1 Å². The minimum absolute atomic E-state index is 0.0255. The van der Waals surface area contributed by atoms with Crippen molar-refractivity contribution >= 4 is 36.8 Å². The Morgan fingerprint density at radius 1 is 0.763 bits per heavy atom. The van der Waals surface area contributed by atoms with E-state index >= 15 is 0 Å². The number of hydrogen-bond donors (Lipinski definition) is 2. The molecule has 0 radical (unpaired) electrons. The van der Waals surface area contributed by atoms with Gasteiger partial charge in [-0.2, -0.15) is 25.3 Å². The lowest BCUT2D eigenvalue weighted by atomic mass is 9.72. The number of hydrogen-bond acceptors (Lipinski definition) is 6. The zero-order chi connectivity index (χ0) is 28.7. The predicted molar refractivity (Wildman–Crippen MR) is 165 cm³/mol. The smallest absolute Gasteiger partial charge is 0.159 e. The van der Waals surface area contributed by atoms with Crippen LogP contribution in [0.3, 0.4) is 0 Å². The summed E-state index contributed by atoms with van der Waals surface area (Å²) in [6.45, 7) is 18.6. The minimum atomic E-state index is -0.120. The van der Waals surface area contributed by atoms with Crippen LogP contribution in [0.2, 0.25) is 0 Å². The molecule has 2 aliphatic carbocycles. The highest BCUT2D eigenvalue weighted by Crippen LogP contribution is 2.39. The van der Waals surface area contributed by atoms with E-state index in [-0.39, 0.29) is 44.7 Å². The van der Waals surface area contributed by atoms with Crippen molar-refractivity contribution in [2.75, 3.05) is 26.4 Å². The molecular formula is C32H50O4S2. The third kappa shape index (κ3) is 9.25. The van der Waals surface area contributed by atoms with Gasteiger partial charge in [-0.15, -0.1) is 0 Å². The SMILES string of the molecule is CC1=C(C(=O)CC(C)C(S)COCCOCC(S)C(C)CC(=O)C2=C(C)C=CCC2(C)C)C(C)(C)CC=C1. The Morgan fingerprint density at radius 3 is 1.42 bits per heavy atom. The number of Topliss-reactive ketones (excluding diaryl/α,β-unsaturated/α-hetero) is 2. The number of allylic oxidation sites excluding steroid dienone is 8. The molecule has 0 saturated heterocycles. The van der Waals surface area contributed by atoms with E-state index in [1.807, 2.05) is 13.8 Å². The maximum atomic E-state index is 13.1. The lowest BCUT2D eigenvalue weighted by molar-refractivity contribution is -0.118. The molecule has 6 heteroatoms. The predicted octanol–water partition coefficient (Wildman–Crippen LogP) is 7.41. The second-order valence-electron chi connectivity index (χ2n) is 12.6. The second kappa shape index (κ2) is 14.5. The van der Waals surface area contributed by atoms with E-state index in [9.17, 15) is 9.59 Å². The molecule has 0 aliphatic heterocycles.